The smallest absolute Gasteiger partial charge is 0.354 e. The molecule has 0 aliphatic carbocycles. The topological polar surface area (TPSA) is 26.0 Å². The molecule has 0 radical (unpaired) electrons. The van der Waals surface area contributed by atoms with Gasteiger partial charge in [-0.15, -0.1) is 0 Å². The average Bonchev–Trinajstić information content (AvgIpc) is 2.88. The molecule has 0 bridgehead atoms. The summed E-state index contributed by atoms with van der Waals surface area (Å²) >= 11 is 0. The third-order valence-corrected chi connectivity index (χ3v) is 2.92. The molecule has 0 amide bonds. The van der Waals surface area contributed by atoms with Crippen molar-refractivity contribution in [3.05, 3.63) is 41.7 Å². The van der Waals surface area contributed by atoms with Crippen LogP contribution >= 0.6 is 0 Å². The SMILES string of the molecule is Cc1ccc(-c2cc(C(F)(F)C(F)(F)C(F)(F)F)on2)cc1. The van der Waals surface area contributed by atoms with Crippen molar-refractivity contribution >= 4 is 0 Å². The van der Waals surface area contributed by atoms with Crippen molar-refractivity contribution in [2.24, 2.45) is 0 Å². The highest BCUT2D eigenvalue weighted by Crippen LogP contribution is 2.52. The molecule has 0 spiro atoms. The number of alkyl halides is 7. The molecule has 0 saturated carbocycles. The summed E-state index contributed by atoms with van der Waals surface area (Å²) in [6.45, 7) is 1.75. The number of aromatic nitrogens is 1. The summed E-state index contributed by atoms with van der Waals surface area (Å²) in [6.07, 6.45) is -6.42. The summed E-state index contributed by atoms with van der Waals surface area (Å²) in [5, 5.41) is 3.12. The molecule has 0 saturated heterocycles. The highest BCUT2D eigenvalue weighted by Gasteiger charge is 2.75. The quantitative estimate of drug-likeness (QED) is 0.746. The van der Waals surface area contributed by atoms with E-state index < -0.39 is 23.8 Å². The molecule has 2 aromatic rings. The summed E-state index contributed by atoms with van der Waals surface area (Å²) in [5.41, 5.74) is 0.806. The molecule has 0 N–H and O–H groups in total. The Kier molecular flexibility index (Phi) is 3.70. The Labute approximate surface area is 119 Å². The van der Waals surface area contributed by atoms with E-state index in [0.29, 0.717) is 6.07 Å². The van der Waals surface area contributed by atoms with E-state index >= 15 is 0 Å². The molecule has 0 atom stereocenters. The van der Waals surface area contributed by atoms with E-state index in [1.54, 1.807) is 19.1 Å². The second-order valence-corrected chi connectivity index (χ2v) is 4.59. The Hall–Kier alpha value is -2.06. The van der Waals surface area contributed by atoms with E-state index in [0.717, 1.165) is 5.56 Å². The summed E-state index contributed by atoms with van der Waals surface area (Å²) < 4.78 is 92.9. The van der Waals surface area contributed by atoms with Crippen molar-refractivity contribution in [1.82, 2.24) is 5.16 Å². The van der Waals surface area contributed by atoms with E-state index in [9.17, 15) is 30.7 Å². The lowest BCUT2D eigenvalue weighted by molar-refractivity contribution is -0.363. The first-order valence-electron chi connectivity index (χ1n) is 5.83. The molecule has 1 heterocycles. The summed E-state index contributed by atoms with van der Waals surface area (Å²) in [4.78, 5) is 0. The molecule has 0 fully saturated rings. The van der Waals surface area contributed by atoms with Gasteiger partial charge in [-0.3, -0.25) is 0 Å². The van der Waals surface area contributed by atoms with E-state index in [4.69, 9.17) is 0 Å². The lowest BCUT2D eigenvalue weighted by Crippen LogP contribution is -2.49. The number of nitrogens with zero attached hydrogens (tertiary/aromatic N) is 1. The fourth-order valence-corrected chi connectivity index (χ4v) is 1.62. The summed E-state index contributed by atoms with van der Waals surface area (Å²) in [5.74, 6) is -13.7. The molecule has 9 heteroatoms. The predicted octanol–water partition coefficient (Wildman–Crippen LogP) is 4.94. The van der Waals surface area contributed by atoms with Crippen LogP contribution in [0.15, 0.2) is 34.9 Å². The first-order chi connectivity index (χ1) is 9.97. The average molecular weight is 327 g/mol. The number of aryl methyl sites for hydroxylation is 1. The first kappa shape index (κ1) is 16.3. The zero-order valence-electron chi connectivity index (χ0n) is 10.9. The van der Waals surface area contributed by atoms with Gasteiger partial charge in [0.15, 0.2) is 0 Å². The van der Waals surface area contributed by atoms with Gasteiger partial charge < -0.3 is 4.52 Å². The van der Waals surface area contributed by atoms with Crippen LogP contribution in [-0.2, 0) is 5.92 Å². The minimum Gasteiger partial charge on any atom is -0.354 e. The van der Waals surface area contributed by atoms with Crippen LogP contribution in [0.2, 0.25) is 0 Å². The Bertz CT molecular complexity index is 658. The number of benzene rings is 1. The van der Waals surface area contributed by atoms with E-state index in [2.05, 4.69) is 9.68 Å². The van der Waals surface area contributed by atoms with Crippen LogP contribution < -0.4 is 0 Å². The van der Waals surface area contributed by atoms with Crippen LogP contribution in [0.4, 0.5) is 30.7 Å². The Balaban J connectivity index is 2.40. The van der Waals surface area contributed by atoms with Gasteiger partial charge in [-0.2, -0.15) is 30.7 Å². The molecule has 0 aliphatic rings. The van der Waals surface area contributed by atoms with E-state index in [1.165, 1.54) is 12.1 Å². The second kappa shape index (κ2) is 4.99. The molecule has 2 nitrogen and oxygen atoms in total. The monoisotopic (exact) mass is 327 g/mol. The van der Waals surface area contributed by atoms with Gasteiger partial charge in [0.1, 0.15) is 5.69 Å². The van der Waals surface area contributed by atoms with Crippen LogP contribution in [0.3, 0.4) is 0 Å². The maximum absolute atomic E-state index is 13.4. The highest BCUT2D eigenvalue weighted by molar-refractivity contribution is 5.59. The molecule has 0 aliphatic heterocycles. The van der Waals surface area contributed by atoms with Gasteiger partial charge >= 0.3 is 18.0 Å². The summed E-state index contributed by atoms with van der Waals surface area (Å²) in [7, 11) is 0. The number of halogens is 7. The molecule has 2 rings (SSSR count). The predicted molar refractivity (Wildman–Crippen MR) is 61.6 cm³/mol. The van der Waals surface area contributed by atoms with Gasteiger partial charge in [0.2, 0.25) is 5.76 Å². The molecule has 1 aromatic carbocycles. The van der Waals surface area contributed by atoms with Gasteiger partial charge in [0.05, 0.1) is 0 Å². The fourth-order valence-electron chi connectivity index (χ4n) is 1.62. The molecule has 120 valence electrons. The molecule has 22 heavy (non-hydrogen) atoms. The van der Waals surface area contributed by atoms with Crippen molar-refractivity contribution in [1.29, 1.82) is 0 Å². The largest absolute Gasteiger partial charge is 0.460 e. The molecule has 0 unspecified atom stereocenters. The summed E-state index contributed by atoms with van der Waals surface area (Å²) in [6, 6.07) is 6.43. The zero-order chi connectivity index (χ0) is 16.8. The van der Waals surface area contributed by atoms with E-state index in [1.807, 2.05) is 0 Å². The highest BCUT2D eigenvalue weighted by atomic mass is 19.4. The first-order valence-corrected chi connectivity index (χ1v) is 5.83. The van der Waals surface area contributed by atoms with Gasteiger partial charge in [-0.1, -0.05) is 35.0 Å². The standard InChI is InChI=1S/C13H8F7NO/c1-7-2-4-8(5-3-7)9-6-10(22-21-9)11(14,15)12(16,17)13(18,19)20/h2-6H,1H3. The van der Waals surface area contributed by atoms with Gasteiger partial charge in [-0.25, -0.2) is 0 Å². The molecular weight excluding hydrogens is 319 g/mol. The van der Waals surface area contributed by atoms with Crippen molar-refractivity contribution in [3.63, 3.8) is 0 Å². The van der Waals surface area contributed by atoms with Crippen LogP contribution in [0.25, 0.3) is 11.3 Å². The van der Waals surface area contributed by atoms with Crippen molar-refractivity contribution in [3.8, 4) is 11.3 Å². The zero-order valence-corrected chi connectivity index (χ0v) is 10.9. The van der Waals surface area contributed by atoms with Crippen LogP contribution in [0, 0.1) is 6.92 Å². The maximum Gasteiger partial charge on any atom is 0.460 e. The molecular formula is C13H8F7NO. The van der Waals surface area contributed by atoms with Crippen LogP contribution in [0.1, 0.15) is 11.3 Å². The van der Waals surface area contributed by atoms with E-state index in [-0.39, 0.29) is 11.3 Å². The van der Waals surface area contributed by atoms with Crippen LogP contribution in [0.5, 0.6) is 0 Å². The normalized spacial score (nSPS) is 13.5. The Morgan fingerprint density at radius 1 is 0.909 bits per heavy atom. The van der Waals surface area contributed by atoms with Crippen LogP contribution in [-0.4, -0.2) is 17.3 Å². The lowest BCUT2D eigenvalue weighted by Gasteiger charge is -2.25. The van der Waals surface area contributed by atoms with Crippen molar-refractivity contribution < 1.29 is 35.3 Å². The Morgan fingerprint density at radius 2 is 1.45 bits per heavy atom. The second-order valence-electron chi connectivity index (χ2n) is 4.59. The number of rotatable bonds is 3. The van der Waals surface area contributed by atoms with Crippen molar-refractivity contribution in [2.45, 2.75) is 24.9 Å². The van der Waals surface area contributed by atoms with Gasteiger partial charge in [0.25, 0.3) is 0 Å². The third kappa shape index (κ3) is 2.55. The number of hydrogen-bond acceptors (Lipinski definition) is 2. The van der Waals surface area contributed by atoms with Gasteiger partial charge in [0, 0.05) is 11.6 Å². The Morgan fingerprint density at radius 3 is 1.95 bits per heavy atom. The number of hydrogen-bond donors (Lipinski definition) is 0. The van der Waals surface area contributed by atoms with Crippen molar-refractivity contribution in [2.75, 3.05) is 0 Å². The third-order valence-electron chi connectivity index (χ3n) is 2.92. The minimum atomic E-state index is -6.42. The minimum absolute atomic E-state index is 0.242. The lowest BCUT2D eigenvalue weighted by atomic mass is 10.1. The van der Waals surface area contributed by atoms with Gasteiger partial charge in [-0.05, 0) is 6.92 Å². The maximum atomic E-state index is 13.4. The molecule has 1 aromatic heterocycles. The fraction of sp³-hybridized carbons (Fsp3) is 0.308.